The largest absolute Gasteiger partial charge is 0.507 e. The van der Waals surface area contributed by atoms with Crippen molar-refractivity contribution in [1.29, 1.82) is 0 Å². The summed E-state index contributed by atoms with van der Waals surface area (Å²) in [5.74, 6) is -3.39. The fourth-order valence-electron chi connectivity index (χ4n) is 1.18. The van der Waals surface area contributed by atoms with Crippen LogP contribution in [0.1, 0.15) is 10.4 Å². The number of phenolic OH excluding ortho intramolecular Hbond substituents is 1. The maximum Gasteiger partial charge on any atom is 0.455 e. The van der Waals surface area contributed by atoms with Crippen molar-refractivity contribution in [3.05, 3.63) is 23.8 Å². The second kappa shape index (κ2) is 5.26. The van der Waals surface area contributed by atoms with Crippen LogP contribution >= 0.6 is 11.6 Å². The van der Waals surface area contributed by atoms with Crippen molar-refractivity contribution in [3.8, 4) is 5.75 Å². The van der Waals surface area contributed by atoms with Crippen molar-refractivity contribution in [2.24, 2.45) is 10.7 Å². The zero-order valence-corrected chi connectivity index (χ0v) is 9.59. The third-order valence-electron chi connectivity index (χ3n) is 1.91. The van der Waals surface area contributed by atoms with Gasteiger partial charge >= 0.3 is 6.18 Å². The Morgan fingerprint density at radius 2 is 2.06 bits per heavy atom. The van der Waals surface area contributed by atoms with Gasteiger partial charge in [-0.1, -0.05) is 6.07 Å². The summed E-state index contributed by atoms with van der Waals surface area (Å²) in [6.07, 6.45) is -5.11. The number of carbonyl (C=O) groups is 1. The van der Waals surface area contributed by atoms with Crippen LogP contribution in [-0.4, -0.2) is 28.8 Å². The number of hydrogen-bond acceptors (Lipinski definition) is 3. The molecule has 0 atom stereocenters. The Balaban J connectivity index is 3.39. The molecular weight excluding hydrogens is 273 g/mol. The molecule has 18 heavy (non-hydrogen) atoms. The van der Waals surface area contributed by atoms with Gasteiger partial charge < -0.3 is 10.8 Å². The van der Waals surface area contributed by atoms with Crippen LogP contribution in [-0.2, 0) is 0 Å². The van der Waals surface area contributed by atoms with Gasteiger partial charge in [0.05, 0.1) is 17.1 Å². The molecule has 0 saturated carbocycles. The van der Waals surface area contributed by atoms with Crippen LogP contribution < -0.4 is 5.73 Å². The molecule has 0 spiro atoms. The molecule has 0 fully saturated rings. The number of benzene rings is 1. The first-order valence-corrected chi connectivity index (χ1v) is 5.13. The summed E-state index contributed by atoms with van der Waals surface area (Å²) in [5.41, 5.74) is 3.95. The molecule has 0 aliphatic heterocycles. The highest BCUT2D eigenvalue weighted by Crippen LogP contribution is 2.33. The van der Waals surface area contributed by atoms with Crippen LogP contribution in [0.3, 0.4) is 0 Å². The molecule has 3 N–H and O–H groups in total. The number of hydrogen-bond donors (Lipinski definition) is 2. The maximum absolute atomic E-state index is 12.3. The van der Waals surface area contributed by atoms with Crippen LogP contribution in [0.2, 0.25) is 0 Å². The molecule has 0 heterocycles. The lowest BCUT2D eigenvalue weighted by molar-refractivity contribution is -0.0886. The molecule has 98 valence electrons. The lowest BCUT2D eigenvalue weighted by Gasteiger charge is -2.09. The predicted octanol–water partition coefficient (Wildman–Crippen LogP) is 2.36. The smallest absolute Gasteiger partial charge is 0.455 e. The predicted molar refractivity (Wildman–Crippen MR) is 60.5 cm³/mol. The summed E-state index contributed by atoms with van der Waals surface area (Å²) < 4.78 is 37.0. The first-order valence-electron chi connectivity index (χ1n) is 4.60. The van der Waals surface area contributed by atoms with E-state index < -0.39 is 23.3 Å². The summed E-state index contributed by atoms with van der Waals surface area (Å²) in [6, 6.07) is 3.32. The Hall–Kier alpha value is -1.76. The zero-order chi connectivity index (χ0) is 13.9. The minimum absolute atomic E-state index is 0.168. The van der Waals surface area contributed by atoms with Gasteiger partial charge in [0.15, 0.2) is 0 Å². The lowest BCUT2D eigenvalue weighted by Crippen LogP contribution is -2.23. The van der Waals surface area contributed by atoms with Gasteiger partial charge in [-0.2, -0.15) is 13.2 Å². The summed E-state index contributed by atoms with van der Waals surface area (Å²) in [4.78, 5) is 14.7. The Morgan fingerprint density at radius 3 is 2.56 bits per heavy atom. The Bertz CT molecular complexity index is 500. The summed E-state index contributed by atoms with van der Waals surface area (Å²) in [7, 11) is 0. The average Bonchev–Trinajstić information content (AvgIpc) is 2.27. The monoisotopic (exact) mass is 280 g/mol. The van der Waals surface area contributed by atoms with Gasteiger partial charge in [0, 0.05) is 0 Å². The third kappa shape index (κ3) is 3.13. The number of carbonyl (C=O) groups excluding carboxylic acids is 1. The molecule has 0 aliphatic rings. The SMILES string of the molecule is NC(CCl)=Nc1cccc(O)c1C(=O)C(F)(F)F. The molecule has 0 aliphatic carbocycles. The number of aromatic hydroxyl groups is 1. The first kappa shape index (κ1) is 14.3. The van der Waals surface area contributed by atoms with Gasteiger partial charge in [0.25, 0.3) is 5.78 Å². The number of nitrogens with two attached hydrogens (primary N) is 1. The van der Waals surface area contributed by atoms with E-state index in [0.717, 1.165) is 12.1 Å². The van der Waals surface area contributed by atoms with E-state index in [4.69, 9.17) is 17.3 Å². The summed E-state index contributed by atoms with van der Waals surface area (Å²) in [6.45, 7) is 0. The summed E-state index contributed by atoms with van der Waals surface area (Å²) >= 11 is 5.34. The third-order valence-corrected chi connectivity index (χ3v) is 2.18. The highest BCUT2D eigenvalue weighted by molar-refractivity contribution is 6.28. The zero-order valence-electron chi connectivity index (χ0n) is 8.83. The molecule has 1 aromatic rings. The van der Waals surface area contributed by atoms with E-state index in [1.54, 1.807) is 0 Å². The molecule has 0 saturated heterocycles. The Labute approximate surface area is 105 Å². The van der Waals surface area contributed by atoms with E-state index in [-0.39, 0.29) is 17.4 Å². The second-order valence-electron chi connectivity index (χ2n) is 3.23. The number of halogens is 4. The van der Waals surface area contributed by atoms with Crippen LogP contribution in [0.4, 0.5) is 18.9 Å². The van der Waals surface area contributed by atoms with E-state index in [9.17, 15) is 23.1 Å². The van der Waals surface area contributed by atoms with Gasteiger partial charge in [-0.15, -0.1) is 11.6 Å². The minimum atomic E-state index is -5.11. The van der Waals surface area contributed by atoms with Crippen LogP contribution in [0.5, 0.6) is 5.75 Å². The van der Waals surface area contributed by atoms with Crippen LogP contribution in [0.25, 0.3) is 0 Å². The molecule has 0 radical (unpaired) electrons. The van der Waals surface area contributed by atoms with Crippen molar-refractivity contribution < 1.29 is 23.1 Å². The average molecular weight is 281 g/mol. The van der Waals surface area contributed by atoms with E-state index in [1.807, 2.05) is 0 Å². The number of aliphatic imine (C=N–C) groups is 1. The number of nitrogens with zero attached hydrogens (tertiary/aromatic N) is 1. The minimum Gasteiger partial charge on any atom is -0.507 e. The quantitative estimate of drug-likeness (QED) is 0.386. The summed E-state index contributed by atoms with van der Waals surface area (Å²) in [5, 5.41) is 9.35. The van der Waals surface area contributed by atoms with Gasteiger partial charge in [0.2, 0.25) is 0 Å². The topological polar surface area (TPSA) is 75.7 Å². The number of rotatable bonds is 3. The highest BCUT2D eigenvalue weighted by atomic mass is 35.5. The standard InChI is InChI=1S/C10H8ClF3N2O2/c11-4-7(15)16-5-2-1-3-6(17)8(5)9(18)10(12,13)14/h1-3,17H,4H2,(H2,15,16). The van der Waals surface area contributed by atoms with Crippen molar-refractivity contribution in [2.75, 3.05) is 5.88 Å². The molecular formula is C10H8ClF3N2O2. The molecule has 1 aromatic carbocycles. The first-order chi connectivity index (χ1) is 8.27. The number of amidine groups is 1. The van der Waals surface area contributed by atoms with Crippen molar-refractivity contribution in [3.63, 3.8) is 0 Å². The van der Waals surface area contributed by atoms with E-state index >= 15 is 0 Å². The fourth-order valence-corrected chi connectivity index (χ4v) is 1.24. The van der Waals surface area contributed by atoms with Crippen LogP contribution in [0, 0.1) is 0 Å². The van der Waals surface area contributed by atoms with Crippen molar-refractivity contribution in [1.82, 2.24) is 0 Å². The fraction of sp³-hybridized carbons (Fsp3) is 0.200. The number of phenols is 1. The second-order valence-corrected chi connectivity index (χ2v) is 3.50. The molecule has 0 unspecified atom stereocenters. The lowest BCUT2D eigenvalue weighted by atomic mass is 10.1. The van der Waals surface area contributed by atoms with E-state index in [2.05, 4.69) is 4.99 Å². The van der Waals surface area contributed by atoms with Gasteiger partial charge in [-0.3, -0.25) is 4.79 Å². The molecule has 1 rings (SSSR count). The highest BCUT2D eigenvalue weighted by Gasteiger charge is 2.42. The normalized spacial score (nSPS) is 12.6. The van der Waals surface area contributed by atoms with Gasteiger partial charge in [0.1, 0.15) is 11.6 Å². The van der Waals surface area contributed by atoms with Gasteiger partial charge in [-0.05, 0) is 12.1 Å². The Kier molecular flexibility index (Phi) is 4.18. The van der Waals surface area contributed by atoms with Gasteiger partial charge in [-0.25, -0.2) is 4.99 Å². The Morgan fingerprint density at radius 1 is 1.44 bits per heavy atom. The number of alkyl halides is 4. The van der Waals surface area contributed by atoms with Crippen molar-refractivity contribution in [2.45, 2.75) is 6.18 Å². The number of ketones is 1. The molecule has 0 bridgehead atoms. The van der Waals surface area contributed by atoms with E-state index in [1.165, 1.54) is 6.07 Å². The maximum atomic E-state index is 12.3. The molecule has 0 amide bonds. The number of Topliss-reactive ketones (excluding diaryl/α,β-unsaturated/α-hetero) is 1. The molecule has 8 heteroatoms. The molecule has 0 aromatic heterocycles. The molecule has 4 nitrogen and oxygen atoms in total. The van der Waals surface area contributed by atoms with Crippen molar-refractivity contribution >= 4 is 28.9 Å². The van der Waals surface area contributed by atoms with Crippen LogP contribution in [0.15, 0.2) is 23.2 Å². The van der Waals surface area contributed by atoms with E-state index in [0.29, 0.717) is 0 Å².